The predicted octanol–water partition coefficient (Wildman–Crippen LogP) is 8.54. The number of ether oxygens (including phenoxy) is 1. The van der Waals surface area contributed by atoms with E-state index in [9.17, 15) is 4.79 Å². The summed E-state index contributed by atoms with van der Waals surface area (Å²) in [4.78, 5) is 12.0. The van der Waals surface area contributed by atoms with Gasteiger partial charge in [-0.05, 0) is 55.4 Å². The molecule has 5 rings (SSSR count). The molecule has 0 radical (unpaired) electrons. The Bertz CT molecular complexity index is 1830. The molecule has 0 aliphatic rings. The Labute approximate surface area is 301 Å². The Morgan fingerprint density at radius 2 is 1.00 bits per heavy atom. The Hall–Kier alpha value is -4.50. The molecule has 0 saturated carbocycles. The van der Waals surface area contributed by atoms with Crippen LogP contribution in [0.5, 0.6) is 5.75 Å². The second-order valence-corrected chi connectivity index (χ2v) is 23.5. The summed E-state index contributed by atoms with van der Waals surface area (Å²) in [5, 5.41) is 4.30. The topological polar surface area (TPSA) is 44.8 Å². The van der Waals surface area contributed by atoms with Crippen molar-refractivity contribution >= 4 is 49.1 Å². The van der Waals surface area contributed by atoms with E-state index >= 15 is 0 Å². The summed E-state index contributed by atoms with van der Waals surface area (Å²) in [6, 6.07) is 46.7. The van der Waals surface area contributed by atoms with E-state index in [4.69, 9.17) is 13.6 Å². The third-order valence-corrected chi connectivity index (χ3v) is 19.4. The quantitative estimate of drug-likeness (QED) is 0.0788. The Balaban J connectivity index is 1.76. The fourth-order valence-corrected chi connectivity index (χ4v) is 16.3. The molecule has 0 N–H and O–H groups in total. The molecule has 0 saturated heterocycles. The number of carbonyl (C=O) groups excluding carboxylic acids is 1. The van der Waals surface area contributed by atoms with Crippen LogP contribution in [0.3, 0.4) is 0 Å². The number of carbonyl (C=O) groups is 1. The van der Waals surface area contributed by atoms with Gasteiger partial charge in [0, 0.05) is 18.1 Å². The van der Waals surface area contributed by atoms with Gasteiger partial charge in [0.25, 0.3) is 8.32 Å². The molecule has 0 fully saturated rings. The first kappa shape index (κ1) is 36.8. The molecule has 0 amide bonds. The van der Waals surface area contributed by atoms with Crippen LogP contribution in [-0.2, 0) is 20.6 Å². The number of esters is 1. The van der Waals surface area contributed by atoms with Gasteiger partial charge < -0.3 is 13.6 Å². The van der Waals surface area contributed by atoms with E-state index in [0.717, 1.165) is 16.9 Å². The van der Waals surface area contributed by atoms with Crippen molar-refractivity contribution in [1.29, 1.82) is 0 Å². The van der Waals surface area contributed by atoms with Crippen molar-refractivity contribution in [1.82, 2.24) is 0 Å². The minimum absolute atomic E-state index is 0.220. The molecular formula is C44H50O4Si2. The van der Waals surface area contributed by atoms with E-state index in [-0.39, 0.29) is 16.7 Å². The summed E-state index contributed by atoms with van der Waals surface area (Å²) in [6.07, 6.45) is 0. The van der Waals surface area contributed by atoms with Gasteiger partial charge in [0.2, 0.25) is 0 Å². The zero-order valence-corrected chi connectivity index (χ0v) is 32.7. The second-order valence-electron chi connectivity index (χ2n) is 15.0. The molecule has 0 aliphatic heterocycles. The highest BCUT2D eigenvalue weighted by atomic mass is 28.4. The van der Waals surface area contributed by atoms with Crippen LogP contribution in [0.15, 0.2) is 140 Å². The number of benzene rings is 5. The van der Waals surface area contributed by atoms with Gasteiger partial charge in [0.15, 0.2) is 0 Å². The molecule has 50 heavy (non-hydrogen) atoms. The average Bonchev–Trinajstić information content (AvgIpc) is 3.08. The summed E-state index contributed by atoms with van der Waals surface area (Å²) in [5.74, 6) is 0.673. The lowest BCUT2D eigenvalue weighted by Gasteiger charge is -2.44. The smallest absolute Gasteiger partial charge is 0.319 e. The van der Waals surface area contributed by atoms with Gasteiger partial charge in [-0.2, -0.15) is 0 Å². The minimum atomic E-state index is -3.02. The monoisotopic (exact) mass is 698 g/mol. The lowest BCUT2D eigenvalue weighted by atomic mass is 10.0. The van der Waals surface area contributed by atoms with E-state index in [1.807, 2.05) is 12.1 Å². The van der Waals surface area contributed by atoms with E-state index < -0.39 is 22.6 Å². The van der Waals surface area contributed by atoms with Gasteiger partial charge in [-0.25, -0.2) is 0 Å². The molecule has 0 heterocycles. The van der Waals surface area contributed by atoms with Gasteiger partial charge in [-0.15, -0.1) is 0 Å². The average molecular weight is 699 g/mol. The molecule has 5 aromatic carbocycles. The van der Waals surface area contributed by atoms with Crippen LogP contribution in [0.2, 0.25) is 10.1 Å². The van der Waals surface area contributed by atoms with Crippen molar-refractivity contribution < 1.29 is 18.4 Å². The van der Waals surface area contributed by atoms with Gasteiger partial charge in [-0.1, -0.05) is 169 Å². The highest BCUT2D eigenvalue weighted by Crippen LogP contribution is 2.42. The molecular weight excluding hydrogens is 649 g/mol. The maximum absolute atomic E-state index is 12.0. The Kier molecular flexibility index (Phi) is 10.9. The van der Waals surface area contributed by atoms with Crippen molar-refractivity contribution in [3.05, 3.63) is 157 Å². The van der Waals surface area contributed by atoms with E-state index in [2.05, 4.69) is 176 Å². The predicted molar refractivity (Wildman–Crippen MR) is 213 cm³/mol. The van der Waals surface area contributed by atoms with Gasteiger partial charge >= 0.3 is 14.3 Å². The lowest BCUT2D eigenvalue weighted by Crippen LogP contribution is -2.69. The van der Waals surface area contributed by atoms with Crippen LogP contribution in [-0.4, -0.2) is 22.6 Å². The first-order chi connectivity index (χ1) is 23.7. The summed E-state index contributed by atoms with van der Waals surface area (Å²) in [5.41, 5.74) is 2.52. The maximum Gasteiger partial charge on any atom is 0.319 e. The van der Waals surface area contributed by atoms with Crippen LogP contribution < -0.4 is 25.2 Å². The van der Waals surface area contributed by atoms with Crippen LogP contribution in [0.4, 0.5) is 0 Å². The van der Waals surface area contributed by atoms with E-state index in [0.29, 0.717) is 11.3 Å². The van der Waals surface area contributed by atoms with Gasteiger partial charge in [-0.3, -0.25) is 4.79 Å². The fourth-order valence-electron chi connectivity index (χ4n) is 7.24. The summed E-state index contributed by atoms with van der Waals surface area (Å²) in [7, 11) is -5.93. The molecule has 0 bridgehead atoms. The van der Waals surface area contributed by atoms with Crippen molar-refractivity contribution in [2.24, 2.45) is 0 Å². The zero-order valence-electron chi connectivity index (χ0n) is 30.7. The standard InChI is InChI=1S/C44H50O4Si2/c1-33-30-36(34(2)47-35(3)45)31-37(32-46-49(43(4,5)6,38-22-14-10-15-23-38)39-24-16-11-17-25-39)42(33)48-50(44(7,8)9,40-26-18-12-19-27-40)41-28-20-13-21-29-41/h10-31H,2,32H2,1,3-9H3. The van der Waals surface area contributed by atoms with E-state index in [1.54, 1.807) is 0 Å². The maximum atomic E-state index is 12.0. The molecule has 0 spiro atoms. The Morgan fingerprint density at radius 3 is 1.36 bits per heavy atom. The van der Waals surface area contributed by atoms with Crippen LogP contribution in [0, 0.1) is 6.92 Å². The summed E-state index contributed by atoms with van der Waals surface area (Å²) < 4.78 is 20.7. The lowest BCUT2D eigenvalue weighted by molar-refractivity contribution is -0.134. The van der Waals surface area contributed by atoms with Gasteiger partial charge in [0.1, 0.15) is 11.5 Å². The highest BCUT2D eigenvalue weighted by Gasteiger charge is 2.53. The molecule has 0 aliphatic carbocycles. The fraction of sp³-hybridized carbons (Fsp3) is 0.250. The molecule has 4 nitrogen and oxygen atoms in total. The normalized spacial score (nSPS) is 12.3. The van der Waals surface area contributed by atoms with E-state index in [1.165, 1.54) is 27.7 Å². The highest BCUT2D eigenvalue weighted by molar-refractivity contribution is 7.00. The molecule has 258 valence electrons. The molecule has 0 aromatic heterocycles. The van der Waals surface area contributed by atoms with Crippen LogP contribution in [0.25, 0.3) is 5.76 Å². The zero-order chi connectivity index (χ0) is 36.2. The first-order valence-corrected chi connectivity index (χ1v) is 21.1. The molecule has 6 heteroatoms. The largest absolute Gasteiger partial charge is 0.534 e. The third-order valence-electron chi connectivity index (χ3n) is 9.47. The first-order valence-electron chi connectivity index (χ1n) is 17.3. The number of rotatable bonds is 11. The summed E-state index contributed by atoms with van der Waals surface area (Å²) in [6.45, 7) is 21.5. The van der Waals surface area contributed by atoms with Crippen LogP contribution in [0.1, 0.15) is 65.2 Å². The van der Waals surface area contributed by atoms with Gasteiger partial charge in [0.05, 0.1) is 6.61 Å². The summed E-state index contributed by atoms with van der Waals surface area (Å²) >= 11 is 0. The SMILES string of the molecule is C=C(OC(C)=O)c1cc(C)c(O[Si](c2ccccc2)(c2ccccc2)C(C)(C)C)c(CO[Si](c2ccccc2)(c2ccccc2)C(C)(C)C)c1. The van der Waals surface area contributed by atoms with Crippen molar-refractivity contribution in [3.8, 4) is 5.75 Å². The van der Waals surface area contributed by atoms with Crippen molar-refractivity contribution in [2.45, 2.75) is 72.1 Å². The molecule has 5 aromatic rings. The van der Waals surface area contributed by atoms with Crippen LogP contribution >= 0.6 is 0 Å². The number of hydrogen-bond acceptors (Lipinski definition) is 4. The minimum Gasteiger partial charge on any atom is -0.534 e. The second kappa shape index (κ2) is 14.8. The third kappa shape index (κ3) is 7.20. The van der Waals surface area contributed by atoms with Crippen molar-refractivity contribution in [3.63, 3.8) is 0 Å². The number of hydrogen-bond donors (Lipinski definition) is 0. The van der Waals surface area contributed by atoms with Crippen molar-refractivity contribution in [2.75, 3.05) is 0 Å². The number of aryl methyl sites for hydroxylation is 1. The molecule has 0 unspecified atom stereocenters. The Morgan fingerprint density at radius 1 is 0.620 bits per heavy atom. The molecule has 0 atom stereocenters.